The van der Waals surface area contributed by atoms with Crippen LogP contribution in [0.15, 0.2) is 0 Å². The molecule has 0 bridgehead atoms. The summed E-state index contributed by atoms with van der Waals surface area (Å²) in [6.45, 7) is 0. The molecule has 1 rings (SSSR count). The fourth-order valence-corrected chi connectivity index (χ4v) is 12.5. The predicted molar refractivity (Wildman–Crippen MR) is 7.09 cm³/mol. The summed E-state index contributed by atoms with van der Waals surface area (Å²) in [5, 5.41) is 0. The second-order valence-electron chi connectivity index (χ2n) is 2.12. The molecule has 0 atom stereocenters. The molecule has 0 aliphatic carbocycles. The summed E-state index contributed by atoms with van der Waals surface area (Å²) in [6, 6.07) is 0. The van der Waals surface area contributed by atoms with Crippen molar-refractivity contribution in [2.45, 2.75) is 0 Å². The van der Waals surface area contributed by atoms with Gasteiger partial charge >= 0.3 is 101 Å². The molecule has 0 spiro atoms. The minimum absolute atomic E-state index is 3.22. The average Bonchev–Trinajstić information content (AvgIpc) is 1.67. The van der Waals surface area contributed by atoms with E-state index < -0.39 is 60.1 Å². The van der Waals surface area contributed by atoms with E-state index in [1.165, 1.54) is 0 Å². The van der Waals surface area contributed by atoms with Crippen LogP contribution in [0.25, 0.3) is 0 Å². The fraction of sp³-hybridized carbons (Fsp3) is 0. The predicted octanol–water partition coefficient (Wildman–Crippen LogP) is -5.51. The molecule has 1 aliphatic heterocycles. The molecule has 0 amide bonds. The Bertz CT molecular complexity index is 357. The van der Waals surface area contributed by atoms with Crippen LogP contribution in [0.5, 0.6) is 0 Å². The molecule has 1 aliphatic rings. The van der Waals surface area contributed by atoms with Crippen molar-refractivity contribution < 1.29 is 101 Å². The quantitative estimate of drug-likeness (QED) is 0.377. The zero-order chi connectivity index (χ0) is 12.8. The molecule has 1 heterocycles. The maximum absolute atomic E-state index is 10.7. The van der Waals surface area contributed by atoms with Crippen LogP contribution in [0.2, 0.25) is 0 Å². The van der Waals surface area contributed by atoms with Gasteiger partial charge in [0.25, 0.3) is 0 Å². The van der Waals surface area contributed by atoms with Crippen molar-refractivity contribution in [3.8, 4) is 0 Å². The van der Waals surface area contributed by atoms with Crippen LogP contribution in [-0.4, -0.2) is 0 Å². The monoisotopic (exact) mass is 396 g/mol. The third-order valence-corrected chi connectivity index (χ3v) is 13.6. The number of hydrogen-bond donors (Lipinski definition) is 0. The normalized spacial score (nSPS) is 55.2. The Hall–Kier alpha value is 1.22. The van der Waals surface area contributed by atoms with Crippen molar-refractivity contribution in [3.05, 3.63) is 0 Å². The van der Waals surface area contributed by atoms with E-state index in [1.54, 1.807) is 0 Å². The molecule has 0 aromatic rings. The summed E-state index contributed by atoms with van der Waals surface area (Å²) < 4.78 is 98.1. The van der Waals surface area contributed by atoms with E-state index in [2.05, 4.69) is 10.3 Å². The van der Waals surface area contributed by atoms with Gasteiger partial charge in [-0.25, -0.2) is 0 Å². The zero-order valence-electron chi connectivity index (χ0n) is 6.69. The second-order valence-corrected chi connectivity index (χ2v) is 12.9. The molecule has 0 N–H and O–H groups in total. The molecule has 96 valence electrons. The third-order valence-electron chi connectivity index (χ3n) is 0.800. The molecule has 16 heavy (non-hydrogen) atoms. The van der Waals surface area contributed by atoms with Crippen LogP contribution in [0, 0.1) is 0 Å². The zero-order valence-corrected chi connectivity index (χ0v) is 12.3. The van der Waals surface area contributed by atoms with Gasteiger partial charge in [-0.3, -0.25) is 0 Å². The van der Waals surface area contributed by atoms with Crippen molar-refractivity contribution in [1.82, 2.24) is 0 Å². The van der Waals surface area contributed by atoms with E-state index in [1.807, 2.05) is 0 Å². The Morgan fingerprint density at radius 2 is 0.625 bits per heavy atom. The maximum atomic E-state index is 10.7. The van der Waals surface area contributed by atoms with Crippen molar-refractivity contribution in [2.75, 3.05) is 0 Å². The summed E-state index contributed by atoms with van der Waals surface area (Å²) in [7, 11) is 0. The molecule has 0 aromatic carbocycles. The van der Waals surface area contributed by atoms with Crippen molar-refractivity contribution in [2.24, 2.45) is 0 Å². The Morgan fingerprint density at radius 1 is 0.500 bits per heavy atom. The van der Waals surface area contributed by atoms with Crippen LogP contribution < -0.4 is 16.1 Å². The van der Waals surface area contributed by atoms with Crippen molar-refractivity contribution >= 4 is 0 Å². The first-order valence-electron chi connectivity index (χ1n) is 2.92. The van der Waals surface area contributed by atoms with E-state index in [-0.39, 0.29) is 0 Å². The van der Waals surface area contributed by atoms with E-state index >= 15 is 0 Å². The standard InChI is InChI=1S/12O.4V/q;;;;;;;;4*-1;;;;. The van der Waals surface area contributed by atoms with Gasteiger partial charge in [-0.1, -0.05) is 0 Å². The van der Waals surface area contributed by atoms with Gasteiger partial charge in [-0.15, -0.1) is 0 Å². The van der Waals surface area contributed by atoms with Gasteiger partial charge in [-0.2, -0.15) is 0 Å². The first kappa shape index (κ1) is 15.3. The van der Waals surface area contributed by atoms with Gasteiger partial charge in [0, 0.05) is 0 Å². The van der Waals surface area contributed by atoms with E-state index in [0.717, 1.165) is 0 Å². The summed E-state index contributed by atoms with van der Waals surface area (Å²) in [5.74, 6) is 0. The van der Waals surface area contributed by atoms with E-state index in [9.17, 15) is 30.8 Å². The fourth-order valence-electron chi connectivity index (χ4n) is 0.550. The van der Waals surface area contributed by atoms with Gasteiger partial charge in [0.05, 0.1) is 0 Å². The molecule has 1 fully saturated rings. The van der Waals surface area contributed by atoms with E-state index in [0.29, 0.717) is 0 Å². The molecule has 0 radical (unpaired) electrons. The number of rotatable bonds is 0. The minimum atomic E-state index is -6.46. The van der Waals surface area contributed by atoms with Gasteiger partial charge < -0.3 is 0 Å². The molecular formula is O12V4-4. The third kappa shape index (κ3) is 4.84. The Kier molecular flexibility index (Phi) is 4.20. The average molecular weight is 396 g/mol. The molecule has 0 aromatic heterocycles. The SMILES string of the molecule is [O]=[V]1([O-])[O][V](=[O])([O-])[O][V](=[O])([O-])[O][V](=[O])([O-])[O]1. The van der Waals surface area contributed by atoms with Crippen molar-refractivity contribution in [3.63, 3.8) is 0 Å². The van der Waals surface area contributed by atoms with Crippen molar-refractivity contribution in [1.29, 1.82) is 0 Å². The Morgan fingerprint density at radius 3 is 0.750 bits per heavy atom. The second kappa shape index (κ2) is 4.40. The van der Waals surface area contributed by atoms with Crippen LogP contribution in [-0.2, 0) is 85.1 Å². The molecule has 0 unspecified atom stereocenters. The Balaban J connectivity index is 3.18. The van der Waals surface area contributed by atoms with Crippen LogP contribution >= 0.6 is 0 Å². The molecule has 1 saturated heterocycles. The summed E-state index contributed by atoms with van der Waals surface area (Å²) in [5.41, 5.74) is 0. The van der Waals surface area contributed by atoms with Gasteiger partial charge in [0.2, 0.25) is 0 Å². The Labute approximate surface area is 101 Å². The van der Waals surface area contributed by atoms with E-state index in [4.69, 9.17) is 0 Å². The van der Waals surface area contributed by atoms with Gasteiger partial charge in [0.1, 0.15) is 0 Å². The molecule has 16 heteroatoms. The first-order chi connectivity index (χ1) is 6.83. The topological polar surface area (TPSA) is 197 Å². The van der Waals surface area contributed by atoms with Gasteiger partial charge in [0.15, 0.2) is 0 Å². The first-order valence-corrected chi connectivity index (χ1v) is 12.0. The van der Waals surface area contributed by atoms with Crippen LogP contribution in [0.3, 0.4) is 0 Å². The summed E-state index contributed by atoms with van der Waals surface area (Å²) in [4.78, 5) is 0. The molecular weight excluding hydrogens is 396 g/mol. The molecule has 0 saturated carbocycles. The number of hydrogen-bond acceptors (Lipinski definition) is 12. The van der Waals surface area contributed by atoms with Crippen LogP contribution in [0.4, 0.5) is 0 Å². The summed E-state index contributed by atoms with van der Waals surface area (Å²) >= 11 is -25.8. The molecule has 12 nitrogen and oxygen atoms in total. The van der Waals surface area contributed by atoms with Crippen LogP contribution in [0.1, 0.15) is 0 Å². The summed E-state index contributed by atoms with van der Waals surface area (Å²) in [6.07, 6.45) is 0. The van der Waals surface area contributed by atoms with Gasteiger partial charge in [-0.05, 0) is 0 Å².